The predicted molar refractivity (Wildman–Crippen MR) is 93.9 cm³/mol. The van der Waals surface area contributed by atoms with Gasteiger partial charge in [0.25, 0.3) is 0 Å². The minimum absolute atomic E-state index is 0.0215. The van der Waals surface area contributed by atoms with E-state index in [-0.39, 0.29) is 11.9 Å². The van der Waals surface area contributed by atoms with Gasteiger partial charge in [-0.3, -0.25) is 4.79 Å². The first-order chi connectivity index (χ1) is 10.9. The van der Waals surface area contributed by atoms with E-state index in [0.29, 0.717) is 13.0 Å². The van der Waals surface area contributed by atoms with Crippen molar-refractivity contribution in [2.75, 3.05) is 6.61 Å². The molecule has 1 atom stereocenters. The van der Waals surface area contributed by atoms with Crippen molar-refractivity contribution < 1.29 is 9.53 Å². The molecular formula is C20H25NO2. The summed E-state index contributed by atoms with van der Waals surface area (Å²) in [6.45, 7) is 8.59. The Morgan fingerprint density at radius 3 is 2.39 bits per heavy atom. The van der Waals surface area contributed by atoms with Gasteiger partial charge in [0.1, 0.15) is 12.4 Å². The average molecular weight is 311 g/mol. The molecule has 0 radical (unpaired) electrons. The maximum absolute atomic E-state index is 12.1. The molecule has 0 aliphatic carbocycles. The van der Waals surface area contributed by atoms with E-state index >= 15 is 0 Å². The first-order valence-electron chi connectivity index (χ1n) is 7.99. The molecule has 0 saturated heterocycles. The van der Waals surface area contributed by atoms with Crippen molar-refractivity contribution in [3.63, 3.8) is 0 Å². The van der Waals surface area contributed by atoms with Crippen LogP contribution in [-0.2, 0) is 11.2 Å². The molecule has 1 N–H and O–H groups in total. The third kappa shape index (κ3) is 5.44. The Morgan fingerprint density at radius 1 is 1.04 bits per heavy atom. The van der Waals surface area contributed by atoms with Gasteiger partial charge in [0, 0.05) is 0 Å². The van der Waals surface area contributed by atoms with Crippen LogP contribution in [0.25, 0.3) is 0 Å². The maximum Gasteiger partial charge on any atom is 0.224 e. The van der Waals surface area contributed by atoms with Crippen molar-refractivity contribution in [2.45, 2.75) is 40.2 Å². The quantitative estimate of drug-likeness (QED) is 0.882. The third-order valence-electron chi connectivity index (χ3n) is 3.86. The van der Waals surface area contributed by atoms with E-state index in [1.807, 2.05) is 44.2 Å². The summed E-state index contributed by atoms with van der Waals surface area (Å²) < 4.78 is 5.69. The van der Waals surface area contributed by atoms with E-state index in [9.17, 15) is 4.79 Å². The molecule has 1 amide bonds. The fourth-order valence-corrected chi connectivity index (χ4v) is 2.32. The van der Waals surface area contributed by atoms with Crippen molar-refractivity contribution in [2.24, 2.45) is 0 Å². The number of nitrogens with one attached hydrogen (secondary N) is 1. The Kier molecular flexibility index (Phi) is 5.80. The number of carbonyl (C=O) groups is 1. The number of benzene rings is 2. The Labute approximate surface area is 138 Å². The molecule has 2 aromatic rings. The van der Waals surface area contributed by atoms with Crippen LogP contribution >= 0.6 is 0 Å². The molecule has 3 nitrogen and oxygen atoms in total. The largest absolute Gasteiger partial charge is 0.491 e. The Bertz CT molecular complexity index is 662. The van der Waals surface area contributed by atoms with Crippen LogP contribution in [-0.4, -0.2) is 18.6 Å². The highest BCUT2D eigenvalue weighted by atomic mass is 16.5. The van der Waals surface area contributed by atoms with E-state index in [1.165, 1.54) is 16.7 Å². The van der Waals surface area contributed by atoms with Crippen LogP contribution < -0.4 is 10.1 Å². The van der Waals surface area contributed by atoms with Gasteiger partial charge in [-0.15, -0.1) is 0 Å². The molecule has 2 aromatic carbocycles. The third-order valence-corrected chi connectivity index (χ3v) is 3.86. The van der Waals surface area contributed by atoms with Gasteiger partial charge in [0.15, 0.2) is 0 Å². The highest BCUT2D eigenvalue weighted by molar-refractivity contribution is 5.78. The number of hydrogen-bond donors (Lipinski definition) is 1. The molecule has 0 aliphatic rings. The smallest absolute Gasteiger partial charge is 0.224 e. The first-order valence-corrected chi connectivity index (χ1v) is 7.99. The molecular weight excluding hydrogens is 286 g/mol. The van der Waals surface area contributed by atoms with Crippen LogP contribution in [0.5, 0.6) is 5.75 Å². The van der Waals surface area contributed by atoms with Crippen LogP contribution in [0.4, 0.5) is 0 Å². The van der Waals surface area contributed by atoms with Crippen molar-refractivity contribution in [3.8, 4) is 5.75 Å². The Balaban J connectivity index is 1.79. The van der Waals surface area contributed by atoms with Gasteiger partial charge >= 0.3 is 0 Å². The molecule has 0 aliphatic heterocycles. The number of hydrogen-bond acceptors (Lipinski definition) is 2. The topological polar surface area (TPSA) is 38.3 Å². The number of ether oxygens (including phenoxy) is 1. The summed E-state index contributed by atoms with van der Waals surface area (Å²) in [5, 5.41) is 2.98. The number of amides is 1. The SMILES string of the molecule is Cc1ccc(OCC(C)NC(=O)Cc2ccc(C)c(C)c2)cc1. The minimum atomic E-state index is -0.0321. The summed E-state index contributed by atoms with van der Waals surface area (Å²) in [5.41, 5.74) is 4.70. The maximum atomic E-state index is 12.1. The lowest BCUT2D eigenvalue weighted by Gasteiger charge is -2.15. The number of carbonyl (C=O) groups excluding carboxylic acids is 1. The molecule has 2 rings (SSSR count). The van der Waals surface area contributed by atoms with Gasteiger partial charge in [-0.25, -0.2) is 0 Å². The second-order valence-electron chi connectivity index (χ2n) is 6.19. The molecule has 122 valence electrons. The highest BCUT2D eigenvalue weighted by Gasteiger charge is 2.09. The van der Waals surface area contributed by atoms with Gasteiger partial charge in [-0.1, -0.05) is 35.9 Å². The molecule has 0 fully saturated rings. The van der Waals surface area contributed by atoms with Gasteiger partial charge in [-0.05, 0) is 56.5 Å². The van der Waals surface area contributed by atoms with Crippen molar-refractivity contribution >= 4 is 5.91 Å². The zero-order valence-corrected chi connectivity index (χ0v) is 14.3. The van der Waals surface area contributed by atoms with E-state index in [0.717, 1.165) is 11.3 Å². The van der Waals surface area contributed by atoms with E-state index in [2.05, 4.69) is 31.3 Å². The van der Waals surface area contributed by atoms with Crippen LogP contribution in [0.2, 0.25) is 0 Å². The summed E-state index contributed by atoms with van der Waals surface area (Å²) in [6.07, 6.45) is 0.399. The van der Waals surface area contributed by atoms with Gasteiger partial charge < -0.3 is 10.1 Å². The summed E-state index contributed by atoms with van der Waals surface area (Å²) in [6, 6.07) is 14.0. The van der Waals surface area contributed by atoms with Gasteiger partial charge in [0.2, 0.25) is 5.91 Å². The molecule has 0 saturated carbocycles. The molecule has 1 unspecified atom stereocenters. The lowest BCUT2D eigenvalue weighted by Crippen LogP contribution is -2.37. The van der Waals surface area contributed by atoms with E-state index in [1.54, 1.807) is 0 Å². The van der Waals surface area contributed by atoms with Crippen molar-refractivity contribution in [1.82, 2.24) is 5.32 Å². The second-order valence-corrected chi connectivity index (χ2v) is 6.19. The second kappa shape index (κ2) is 7.82. The highest BCUT2D eigenvalue weighted by Crippen LogP contribution is 2.12. The fraction of sp³-hybridized carbons (Fsp3) is 0.350. The van der Waals surface area contributed by atoms with Crippen molar-refractivity contribution in [3.05, 3.63) is 64.7 Å². The number of aryl methyl sites for hydroxylation is 3. The van der Waals surface area contributed by atoms with Crippen LogP contribution in [0.3, 0.4) is 0 Å². The molecule has 23 heavy (non-hydrogen) atoms. The van der Waals surface area contributed by atoms with Crippen LogP contribution in [0.15, 0.2) is 42.5 Å². The van der Waals surface area contributed by atoms with E-state index in [4.69, 9.17) is 4.74 Å². The summed E-state index contributed by atoms with van der Waals surface area (Å²) in [7, 11) is 0. The van der Waals surface area contributed by atoms with Crippen LogP contribution in [0, 0.1) is 20.8 Å². The van der Waals surface area contributed by atoms with Gasteiger partial charge in [0.05, 0.1) is 12.5 Å². The zero-order chi connectivity index (χ0) is 16.8. The standard InChI is InChI=1S/C20H25NO2/c1-14-5-9-19(10-6-14)23-13-17(4)21-20(22)12-18-8-7-15(2)16(3)11-18/h5-11,17H,12-13H2,1-4H3,(H,21,22). The predicted octanol–water partition coefficient (Wildman–Crippen LogP) is 3.74. The molecule has 0 aromatic heterocycles. The average Bonchev–Trinajstić information content (AvgIpc) is 2.50. The lowest BCUT2D eigenvalue weighted by atomic mass is 10.0. The van der Waals surface area contributed by atoms with E-state index < -0.39 is 0 Å². The molecule has 0 spiro atoms. The van der Waals surface area contributed by atoms with Gasteiger partial charge in [-0.2, -0.15) is 0 Å². The van der Waals surface area contributed by atoms with Crippen LogP contribution in [0.1, 0.15) is 29.2 Å². The zero-order valence-electron chi connectivity index (χ0n) is 14.3. The summed E-state index contributed by atoms with van der Waals surface area (Å²) in [5.74, 6) is 0.846. The van der Waals surface area contributed by atoms with Crippen molar-refractivity contribution in [1.29, 1.82) is 0 Å². The molecule has 0 heterocycles. The molecule has 3 heteroatoms. The molecule has 0 bridgehead atoms. The monoisotopic (exact) mass is 311 g/mol. The normalized spacial score (nSPS) is 11.8. The Morgan fingerprint density at radius 2 is 1.74 bits per heavy atom. The summed E-state index contributed by atoms with van der Waals surface area (Å²) >= 11 is 0. The minimum Gasteiger partial charge on any atom is -0.491 e. The summed E-state index contributed by atoms with van der Waals surface area (Å²) in [4.78, 5) is 12.1. The Hall–Kier alpha value is -2.29. The fourth-order valence-electron chi connectivity index (χ4n) is 2.32. The number of rotatable bonds is 6. The lowest BCUT2D eigenvalue weighted by molar-refractivity contribution is -0.121. The first kappa shape index (κ1) is 17.1.